The first-order valence-electron chi connectivity index (χ1n) is 11.0. The first-order valence-corrected chi connectivity index (χ1v) is 11.0. The van der Waals surface area contributed by atoms with Gasteiger partial charge in [0.2, 0.25) is 0 Å². The molecule has 0 spiro atoms. The van der Waals surface area contributed by atoms with E-state index in [2.05, 4.69) is 9.97 Å². The van der Waals surface area contributed by atoms with Gasteiger partial charge in [-0.05, 0) is 30.2 Å². The number of fused-ring (bicyclic) bond motifs is 1. The summed E-state index contributed by atoms with van der Waals surface area (Å²) in [6.07, 6.45) is -7.06. The molecule has 0 aliphatic rings. The van der Waals surface area contributed by atoms with Gasteiger partial charge in [-0.1, -0.05) is 54.6 Å². The summed E-state index contributed by atoms with van der Waals surface area (Å²) in [5.41, 5.74) is -1.18. The molecule has 0 aliphatic heterocycles. The molecular weight excluding hydrogens is 482 g/mol. The second-order valence-corrected chi connectivity index (χ2v) is 8.23. The molecule has 0 amide bonds. The number of aromatic amines is 1. The van der Waals surface area contributed by atoms with Crippen LogP contribution in [0.3, 0.4) is 0 Å². The van der Waals surface area contributed by atoms with Gasteiger partial charge in [0.25, 0.3) is 0 Å². The van der Waals surface area contributed by atoms with Crippen molar-refractivity contribution in [2.24, 2.45) is 0 Å². The van der Waals surface area contributed by atoms with Crippen molar-refractivity contribution in [3.05, 3.63) is 102 Å². The van der Waals surface area contributed by atoms with Crippen LogP contribution in [0.2, 0.25) is 0 Å². The molecule has 0 radical (unpaired) electrons. The smallest absolute Gasteiger partial charge is 0.417 e. The topological polar surface area (TPSA) is 41.8 Å². The Hall–Kier alpha value is -4.01. The summed E-state index contributed by atoms with van der Waals surface area (Å²) in [5.74, 6) is -0.312. The van der Waals surface area contributed by atoms with Crippen LogP contribution in [0.1, 0.15) is 22.6 Å². The van der Waals surface area contributed by atoms with Crippen LogP contribution in [0.5, 0.6) is 0 Å². The van der Waals surface area contributed by atoms with E-state index in [4.69, 9.17) is 4.42 Å². The molecule has 0 aliphatic carbocycles. The lowest BCUT2D eigenvalue weighted by Gasteiger charge is -2.14. The highest BCUT2D eigenvalue weighted by atomic mass is 19.4. The zero-order valence-electron chi connectivity index (χ0n) is 18.5. The van der Waals surface area contributed by atoms with E-state index in [1.807, 2.05) is 30.5 Å². The number of oxazole rings is 1. The highest BCUT2D eigenvalue weighted by Crippen LogP contribution is 2.44. The van der Waals surface area contributed by atoms with Crippen molar-refractivity contribution < 1.29 is 30.8 Å². The highest BCUT2D eigenvalue weighted by molar-refractivity contribution is 5.83. The van der Waals surface area contributed by atoms with Gasteiger partial charge in [0.05, 0.1) is 11.1 Å². The van der Waals surface area contributed by atoms with Crippen LogP contribution in [-0.2, 0) is 25.2 Å². The number of aryl methyl sites for hydroxylation is 2. The number of hydrogen-bond acceptors (Lipinski definition) is 2. The molecule has 0 bridgehead atoms. The van der Waals surface area contributed by atoms with Gasteiger partial charge in [0.15, 0.2) is 11.7 Å². The molecule has 2 aromatic heterocycles. The molecule has 5 rings (SSSR count). The Morgan fingerprint density at radius 3 is 1.97 bits per heavy atom. The number of H-pyrrole nitrogens is 1. The van der Waals surface area contributed by atoms with Crippen LogP contribution in [-0.4, -0.2) is 9.97 Å². The molecule has 36 heavy (non-hydrogen) atoms. The quantitative estimate of drug-likeness (QED) is 0.247. The number of nitrogens with one attached hydrogen (secondary N) is 1. The number of halogens is 6. The maximum atomic E-state index is 13.8. The van der Waals surface area contributed by atoms with Crippen molar-refractivity contribution in [2.45, 2.75) is 25.2 Å². The molecule has 0 saturated heterocycles. The number of aromatic nitrogens is 2. The van der Waals surface area contributed by atoms with Crippen LogP contribution in [0.15, 0.2) is 83.4 Å². The maximum absolute atomic E-state index is 13.8. The zero-order valence-corrected chi connectivity index (χ0v) is 18.5. The number of nitrogens with zero attached hydrogens (tertiary/aromatic N) is 1. The van der Waals surface area contributed by atoms with E-state index in [0.29, 0.717) is 6.42 Å². The minimum atomic E-state index is -4.74. The van der Waals surface area contributed by atoms with Gasteiger partial charge in [0.1, 0.15) is 5.69 Å². The van der Waals surface area contributed by atoms with Crippen molar-refractivity contribution in [1.82, 2.24) is 9.97 Å². The van der Waals surface area contributed by atoms with Gasteiger partial charge >= 0.3 is 12.4 Å². The minimum Gasteiger partial charge on any atom is -0.440 e. The normalized spacial score (nSPS) is 12.4. The van der Waals surface area contributed by atoms with Crippen LogP contribution in [0.25, 0.3) is 33.5 Å². The van der Waals surface area contributed by atoms with Crippen molar-refractivity contribution in [3.8, 4) is 22.6 Å². The molecule has 0 atom stereocenters. The largest absolute Gasteiger partial charge is 0.440 e. The number of rotatable bonds is 5. The Kier molecular flexibility index (Phi) is 5.86. The second-order valence-electron chi connectivity index (χ2n) is 8.23. The molecule has 2 heterocycles. The van der Waals surface area contributed by atoms with E-state index in [0.717, 1.165) is 28.6 Å². The third-order valence-electron chi connectivity index (χ3n) is 5.92. The van der Waals surface area contributed by atoms with Gasteiger partial charge in [-0.15, -0.1) is 0 Å². The number of benzene rings is 3. The van der Waals surface area contributed by atoms with Gasteiger partial charge in [-0.25, -0.2) is 4.98 Å². The van der Waals surface area contributed by atoms with E-state index in [9.17, 15) is 26.3 Å². The Balaban J connectivity index is 1.63. The van der Waals surface area contributed by atoms with Crippen LogP contribution in [0.4, 0.5) is 26.3 Å². The molecule has 9 heteroatoms. The third-order valence-corrected chi connectivity index (χ3v) is 5.92. The first kappa shape index (κ1) is 23.7. The highest BCUT2D eigenvalue weighted by Gasteiger charge is 2.38. The van der Waals surface area contributed by atoms with E-state index in [-0.39, 0.29) is 34.9 Å². The molecule has 1 N–H and O–H groups in total. The van der Waals surface area contributed by atoms with Crippen molar-refractivity contribution >= 4 is 10.9 Å². The second kappa shape index (κ2) is 8.89. The van der Waals surface area contributed by atoms with Gasteiger partial charge in [-0.2, -0.15) is 26.3 Å². The van der Waals surface area contributed by atoms with Gasteiger partial charge < -0.3 is 9.40 Å². The molecule has 0 unspecified atom stereocenters. The molecule has 3 aromatic carbocycles. The minimum absolute atomic E-state index is 0.0410. The van der Waals surface area contributed by atoms with E-state index < -0.39 is 23.5 Å². The maximum Gasteiger partial charge on any atom is 0.417 e. The lowest BCUT2D eigenvalue weighted by atomic mass is 9.98. The Morgan fingerprint density at radius 2 is 1.28 bits per heavy atom. The predicted octanol–water partition coefficient (Wildman–Crippen LogP) is 8.31. The van der Waals surface area contributed by atoms with Crippen molar-refractivity contribution in [3.63, 3.8) is 0 Å². The average Bonchev–Trinajstić information content (AvgIpc) is 3.46. The van der Waals surface area contributed by atoms with Crippen LogP contribution >= 0.6 is 0 Å². The fraction of sp³-hybridized carbons (Fsp3) is 0.148. The Labute approximate surface area is 201 Å². The summed E-state index contributed by atoms with van der Waals surface area (Å²) < 4.78 is 88.5. The standard InChI is InChI=1S/C27H18F6N2O/c28-26(29,30)20-10-4-1-8-18(20)24-25(19-9-2-5-11-21(19)27(31,32)33)36-23(35-24)14-13-16-15-34-22-12-6-3-7-17(16)22/h1-12,15,34H,13-14H2. The molecule has 184 valence electrons. The lowest BCUT2D eigenvalue weighted by molar-refractivity contribution is -0.138. The summed E-state index contributed by atoms with van der Waals surface area (Å²) in [7, 11) is 0. The third kappa shape index (κ3) is 4.48. The molecular formula is C27H18F6N2O. The van der Waals surface area contributed by atoms with E-state index in [1.54, 1.807) is 0 Å². The summed E-state index contributed by atoms with van der Waals surface area (Å²) >= 11 is 0. The zero-order chi connectivity index (χ0) is 25.5. The summed E-state index contributed by atoms with van der Waals surface area (Å²) in [4.78, 5) is 7.43. The van der Waals surface area contributed by atoms with Crippen molar-refractivity contribution in [2.75, 3.05) is 0 Å². The monoisotopic (exact) mass is 500 g/mol. The number of para-hydroxylation sites is 1. The van der Waals surface area contributed by atoms with Crippen LogP contribution in [0, 0.1) is 0 Å². The molecule has 3 nitrogen and oxygen atoms in total. The Bertz CT molecular complexity index is 1450. The molecule has 0 saturated carbocycles. The molecule has 0 fully saturated rings. The van der Waals surface area contributed by atoms with E-state index >= 15 is 0 Å². The first-order chi connectivity index (χ1) is 17.1. The van der Waals surface area contributed by atoms with Crippen molar-refractivity contribution in [1.29, 1.82) is 0 Å². The fourth-order valence-corrected chi connectivity index (χ4v) is 4.28. The van der Waals surface area contributed by atoms with Gasteiger partial charge in [0, 0.05) is 34.6 Å². The van der Waals surface area contributed by atoms with Crippen LogP contribution < -0.4 is 0 Å². The fourth-order valence-electron chi connectivity index (χ4n) is 4.28. The summed E-state index contributed by atoms with van der Waals surface area (Å²) in [6, 6.07) is 16.9. The number of hydrogen-bond donors (Lipinski definition) is 1. The lowest BCUT2D eigenvalue weighted by Crippen LogP contribution is -2.08. The summed E-state index contributed by atoms with van der Waals surface area (Å²) in [5, 5.41) is 0.967. The average molecular weight is 500 g/mol. The van der Waals surface area contributed by atoms with E-state index in [1.165, 1.54) is 36.4 Å². The Morgan fingerprint density at radius 1 is 0.694 bits per heavy atom. The van der Waals surface area contributed by atoms with Gasteiger partial charge in [-0.3, -0.25) is 0 Å². The SMILES string of the molecule is FC(F)(F)c1ccccc1-c1nc(CCc2c[nH]c3ccccc23)oc1-c1ccccc1C(F)(F)F. The predicted molar refractivity (Wildman–Crippen MR) is 123 cm³/mol. The number of alkyl halides is 6. The summed E-state index contributed by atoms with van der Waals surface area (Å²) in [6.45, 7) is 0. The molecule has 5 aromatic rings.